The minimum Gasteiger partial charge on any atom is -0.381 e. The van der Waals surface area contributed by atoms with E-state index in [-0.39, 0.29) is 11.8 Å². The van der Waals surface area contributed by atoms with Gasteiger partial charge in [0.1, 0.15) is 0 Å². The summed E-state index contributed by atoms with van der Waals surface area (Å²) >= 11 is 0. The van der Waals surface area contributed by atoms with Crippen LogP contribution < -0.4 is 5.32 Å². The van der Waals surface area contributed by atoms with Gasteiger partial charge in [-0.3, -0.25) is 4.79 Å². The molecule has 134 valence electrons. The Labute approximate surface area is 149 Å². The smallest absolute Gasteiger partial charge is 0.223 e. The Hall–Kier alpha value is -1.65. The standard InChI is InChI=1S/C21H27NO3/c23-21(20-12-15-4-5-18(20)11-15)22-13-16-2-1-3-17(10-16)14-25-19-6-8-24-9-7-19/h1-5,10,15,18-20H,6-9,11-14H2,(H,22,23)/t15-,18-,20+/m0/s1. The summed E-state index contributed by atoms with van der Waals surface area (Å²) in [6, 6.07) is 8.34. The number of carbonyl (C=O) groups excluding carboxylic acids is 1. The highest BCUT2D eigenvalue weighted by Gasteiger charge is 2.39. The Kier molecular flexibility index (Phi) is 5.18. The topological polar surface area (TPSA) is 47.6 Å². The maximum absolute atomic E-state index is 12.4. The number of amides is 1. The summed E-state index contributed by atoms with van der Waals surface area (Å²) in [5.41, 5.74) is 2.31. The largest absolute Gasteiger partial charge is 0.381 e. The van der Waals surface area contributed by atoms with Gasteiger partial charge in [-0.05, 0) is 48.6 Å². The average Bonchev–Trinajstić information content (AvgIpc) is 3.29. The van der Waals surface area contributed by atoms with Crippen molar-refractivity contribution < 1.29 is 14.3 Å². The van der Waals surface area contributed by atoms with Crippen molar-refractivity contribution in [1.82, 2.24) is 5.32 Å². The van der Waals surface area contributed by atoms with Crippen LogP contribution in [0.25, 0.3) is 0 Å². The molecule has 3 atom stereocenters. The van der Waals surface area contributed by atoms with Gasteiger partial charge in [-0.1, -0.05) is 36.4 Å². The summed E-state index contributed by atoms with van der Waals surface area (Å²) in [6.45, 7) is 2.83. The van der Waals surface area contributed by atoms with Crippen molar-refractivity contribution in [3.05, 3.63) is 47.5 Å². The molecule has 4 heteroatoms. The van der Waals surface area contributed by atoms with E-state index in [0.717, 1.165) is 44.5 Å². The van der Waals surface area contributed by atoms with Crippen LogP contribution in [0.4, 0.5) is 0 Å². The maximum atomic E-state index is 12.4. The second-order valence-electron chi connectivity index (χ2n) is 7.55. The van der Waals surface area contributed by atoms with Gasteiger partial charge in [0.2, 0.25) is 5.91 Å². The zero-order valence-corrected chi connectivity index (χ0v) is 14.7. The van der Waals surface area contributed by atoms with E-state index in [4.69, 9.17) is 9.47 Å². The van der Waals surface area contributed by atoms with Crippen molar-refractivity contribution in [2.75, 3.05) is 13.2 Å². The third-order valence-electron chi connectivity index (χ3n) is 5.73. The Morgan fingerprint density at radius 3 is 2.76 bits per heavy atom. The fraction of sp³-hybridized carbons (Fsp3) is 0.571. The molecule has 2 aliphatic carbocycles. The van der Waals surface area contributed by atoms with Crippen LogP contribution in [0, 0.1) is 17.8 Å². The van der Waals surface area contributed by atoms with Gasteiger partial charge in [-0.15, -0.1) is 0 Å². The molecule has 25 heavy (non-hydrogen) atoms. The van der Waals surface area contributed by atoms with E-state index in [0.29, 0.717) is 31.1 Å². The van der Waals surface area contributed by atoms with Crippen molar-refractivity contribution in [1.29, 1.82) is 0 Å². The molecule has 2 bridgehead atoms. The number of rotatable bonds is 6. The van der Waals surface area contributed by atoms with Crippen LogP contribution in [0.5, 0.6) is 0 Å². The Bertz CT molecular complexity index is 636. The van der Waals surface area contributed by atoms with Crippen molar-refractivity contribution >= 4 is 5.91 Å². The number of benzene rings is 1. The van der Waals surface area contributed by atoms with E-state index in [2.05, 4.69) is 35.7 Å². The molecule has 0 aromatic heterocycles. The summed E-state index contributed by atoms with van der Waals surface area (Å²) < 4.78 is 11.4. The number of nitrogens with one attached hydrogen (secondary N) is 1. The van der Waals surface area contributed by atoms with Gasteiger partial charge in [0.05, 0.1) is 12.7 Å². The van der Waals surface area contributed by atoms with Crippen LogP contribution in [0.15, 0.2) is 36.4 Å². The second-order valence-corrected chi connectivity index (χ2v) is 7.55. The summed E-state index contributed by atoms with van der Waals surface area (Å²) in [5.74, 6) is 1.48. The molecule has 1 heterocycles. The number of fused-ring (bicyclic) bond motifs is 2. The molecule has 1 saturated carbocycles. The molecule has 1 aliphatic heterocycles. The first-order valence-electron chi connectivity index (χ1n) is 9.51. The van der Waals surface area contributed by atoms with E-state index in [1.807, 2.05) is 6.07 Å². The summed E-state index contributed by atoms with van der Waals surface area (Å²) in [5, 5.41) is 3.13. The highest BCUT2D eigenvalue weighted by molar-refractivity contribution is 5.80. The third kappa shape index (κ3) is 4.13. The molecule has 2 fully saturated rings. The summed E-state index contributed by atoms with van der Waals surface area (Å²) in [4.78, 5) is 12.4. The Balaban J connectivity index is 1.26. The Morgan fingerprint density at radius 1 is 1.16 bits per heavy atom. The minimum absolute atomic E-state index is 0.176. The first kappa shape index (κ1) is 16.8. The quantitative estimate of drug-likeness (QED) is 0.808. The molecule has 1 aromatic rings. The van der Waals surface area contributed by atoms with Crippen LogP contribution in [0.3, 0.4) is 0 Å². The predicted octanol–water partition coefficient (Wildman–Crippen LogP) is 3.21. The van der Waals surface area contributed by atoms with Crippen LogP contribution in [0.2, 0.25) is 0 Å². The first-order valence-corrected chi connectivity index (χ1v) is 9.51. The fourth-order valence-electron chi connectivity index (χ4n) is 4.29. The maximum Gasteiger partial charge on any atom is 0.223 e. The van der Waals surface area contributed by atoms with Gasteiger partial charge in [0, 0.05) is 25.7 Å². The van der Waals surface area contributed by atoms with Crippen LogP contribution in [-0.4, -0.2) is 25.2 Å². The zero-order valence-electron chi connectivity index (χ0n) is 14.7. The molecule has 1 N–H and O–H groups in total. The van der Waals surface area contributed by atoms with Gasteiger partial charge >= 0.3 is 0 Å². The van der Waals surface area contributed by atoms with Gasteiger partial charge < -0.3 is 14.8 Å². The van der Waals surface area contributed by atoms with Crippen molar-refractivity contribution in [3.8, 4) is 0 Å². The lowest BCUT2D eigenvalue weighted by Crippen LogP contribution is -2.32. The zero-order chi connectivity index (χ0) is 17.1. The summed E-state index contributed by atoms with van der Waals surface area (Å²) in [6.07, 6.45) is 8.95. The summed E-state index contributed by atoms with van der Waals surface area (Å²) in [7, 11) is 0. The Morgan fingerprint density at radius 2 is 2.00 bits per heavy atom. The highest BCUT2D eigenvalue weighted by atomic mass is 16.5. The number of ether oxygens (including phenoxy) is 2. The van der Waals surface area contributed by atoms with Crippen molar-refractivity contribution in [2.45, 2.75) is 44.9 Å². The predicted molar refractivity (Wildman–Crippen MR) is 95.8 cm³/mol. The highest BCUT2D eigenvalue weighted by Crippen LogP contribution is 2.43. The molecule has 4 nitrogen and oxygen atoms in total. The number of carbonyl (C=O) groups is 1. The average molecular weight is 341 g/mol. The van der Waals surface area contributed by atoms with Crippen molar-refractivity contribution in [2.24, 2.45) is 17.8 Å². The van der Waals surface area contributed by atoms with E-state index in [9.17, 15) is 4.79 Å². The SMILES string of the molecule is O=C(NCc1cccc(COC2CCOCC2)c1)[C@@H]1C[C@H]2C=C[C@H]1C2. The van der Waals surface area contributed by atoms with Gasteiger partial charge in [-0.2, -0.15) is 0 Å². The van der Waals surface area contributed by atoms with Crippen LogP contribution in [0.1, 0.15) is 36.8 Å². The molecular weight excluding hydrogens is 314 g/mol. The molecule has 0 radical (unpaired) electrons. The number of hydrogen-bond acceptors (Lipinski definition) is 3. The first-order chi connectivity index (χ1) is 12.3. The van der Waals surface area contributed by atoms with Crippen LogP contribution >= 0.6 is 0 Å². The molecule has 1 amide bonds. The van der Waals surface area contributed by atoms with E-state index < -0.39 is 0 Å². The van der Waals surface area contributed by atoms with E-state index in [1.165, 1.54) is 5.56 Å². The molecular formula is C21H27NO3. The normalized spacial score (nSPS) is 28.4. The van der Waals surface area contributed by atoms with Crippen molar-refractivity contribution in [3.63, 3.8) is 0 Å². The fourth-order valence-corrected chi connectivity index (χ4v) is 4.29. The van der Waals surface area contributed by atoms with Gasteiger partial charge in [-0.25, -0.2) is 0 Å². The molecule has 0 spiro atoms. The molecule has 3 aliphatic rings. The third-order valence-corrected chi connectivity index (χ3v) is 5.73. The van der Waals surface area contributed by atoms with E-state index in [1.54, 1.807) is 0 Å². The minimum atomic E-state index is 0.176. The number of hydrogen-bond donors (Lipinski definition) is 1. The lowest BCUT2D eigenvalue weighted by atomic mass is 9.93. The number of allylic oxidation sites excluding steroid dienone is 2. The molecule has 4 rings (SSSR count). The van der Waals surface area contributed by atoms with Gasteiger partial charge in [0.15, 0.2) is 0 Å². The van der Waals surface area contributed by atoms with E-state index >= 15 is 0 Å². The molecule has 1 aromatic carbocycles. The molecule has 1 saturated heterocycles. The second kappa shape index (κ2) is 7.71. The van der Waals surface area contributed by atoms with Gasteiger partial charge in [0.25, 0.3) is 0 Å². The molecule has 0 unspecified atom stereocenters. The van der Waals surface area contributed by atoms with Crippen LogP contribution in [-0.2, 0) is 27.4 Å². The monoisotopic (exact) mass is 341 g/mol. The lowest BCUT2D eigenvalue weighted by Gasteiger charge is -2.22. The lowest BCUT2D eigenvalue weighted by molar-refractivity contribution is -0.125.